The van der Waals surface area contributed by atoms with Crippen molar-refractivity contribution < 1.29 is 13.2 Å². The Balaban J connectivity index is 1.38. The van der Waals surface area contributed by atoms with Crippen molar-refractivity contribution in [3.05, 3.63) is 53.5 Å². The van der Waals surface area contributed by atoms with Gasteiger partial charge in [0.1, 0.15) is 5.82 Å². The number of hydrogen-bond acceptors (Lipinski definition) is 5. The molecule has 3 aromatic heterocycles. The van der Waals surface area contributed by atoms with Gasteiger partial charge in [-0.05, 0) is 54.7 Å². The largest absolute Gasteiger partial charge is 0.453 e. The summed E-state index contributed by atoms with van der Waals surface area (Å²) < 4.78 is 40.1. The summed E-state index contributed by atoms with van der Waals surface area (Å²) in [5, 5.41) is 21.1. The molecule has 5 rings (SSSR count). The van der Waals surface area contributed by atoms with Crippen molar-refractivity contribution in [3.63, 3.8) is 0 Å². The minimum absolute atomic E-state index is 0.0630. The Morgan fingerprint density at radius 2 is 1.90 bits per heavy atom. The number of aromatic amines is 1. The number of nitriles is 1. The second-order valence-corrected chi connectivity index (χ2v) is 7.36. The average Bonchev–Trinajstić information content (AvgIpc) is 3.37. The number of nitrogens with one attached hydrogen (secondary N) is 1. The van der Waals surface area contributed by atoms with Crippen molar-refractivity contribution in [2.75, 3.05) is 18.0 Å². The van der Waals surface area contributed by atoms with Crippen LogP contribution in [-0.2, 0) is 6.18 Å². The zero-order chi connectivity index (χ0) is 20.9. The van der Waals surface area contributed by atoms with E-state index in [4.69, 9.17) is 0 Å². The average molecular weight is 411 g/mol. The maximum atomic E-state index is 13.1. The van der Waals surface area contributed by atoms with Crippen LogP contribution in [0.15, 0.2) is 36.5 Å². The summed E-state index contributed by atoms with van der Waals surface area (Å²) in [6.07, 6.45) is -0.964. The topological polar surface area (TPSA) is 85.9 Å². The molecule has 0 aliphatic carbocycles. The highest BCUT2D eigenvalue weighted by Gasteiger charge is 2.38. The van der Waals surface area contributed by atoms with E-state index < -0.39 is 12.0 Å². The Kier molecular flexibility index (Phi) is 4.13. The fourth-order valence-electron chi connectivity index (χ4n) is 4.09. The van der Waals surface area contributed by atoms with Crippen molar-refractivity contribution in [1.29, 1.82) is 5.26 Å². The Hall–Kier alpha value is -3.61. The van der Waals surface area contributed by atoms with Crippen LogP contribution in [0, 0.1) is 11.3 Å². The predicted molar refractivity (Wildman–Crippen MR) is 103 cm³/mol. The molecule has 0 amide bonds. The number of rotatable bonds is 2. The second kappa shape index (κ2) is 6.73. The molecule has 4 aromatic rings. The summed E-state index contributed by atoms with van der Waals surface area (Å²) in [7, 11) is 0. The molecule has 152 valence electrons. The number of nitrogens with zero attached hydrogens (tertiary/aromatic N) is 6. The molecular formula is C20H16F3N7. The molecule has 0 saturated carbocycles. The zero-order valence-electron chi connectivity index (χ0n) is 15.7. The fraction of sp³-hybridized carbons (Fsp3) is 0.300. The van der Waals surface area contributed by atoms with E-state index in [0.29, 0.717) is 30.4 Å². The third-order valence-electron chi connectivity index (χ3n) is 5.60. The van der Waals surface area contributed by atoms with Gasteiger partial charge in [0.05, 0.1) is 11.6 Å². The van der Waals surface area contributed by atoms with E-state index in [2.05, 4.69) is 26.3 Å². The lowest BCUT2D eigenvalue weighted by Crippen LogP contribution is -2.33. The minimum atomic E-state index is -4.62. The number of hydrogen-bond donors (Lipinski definition) is 1. The minimum Gasteiger partial charge on any atom is -0.361 e. The van der Waals surface area contributed by atoms with Crippen molar-refractivity contribution in [2.24, 2.45) is 0 Å². The first-order valence-corrected chi connectivity index (χ1v) is 9.50. The Morgan fingerprint density at radius 1 is 1.10 bits per heavy atom. The molecule has 0 atom stereocenters. The van der Waals surface area contributed by atoms with Crippen molar-refractivity contribution >= 4 is 22.4 Å². The summed E-state index contributed by atoms with van der Waals surface area (Å²) >= 11 is 0. The Morgan fingerprint density at radius 3 is 2.63 bits per heavy atom. The molecule has 0 spiro atoms. The lowest BCUT2D eigenvalue weighted by Gasteiger charge is -2.32. The van der Waals surface area contributed by atoms with Crippen molar-refractivity contribution in [1.82, 2.24) is 24.8 Å². The van der Waals surface area contributed by atoms with Gasteiger partial charge in [-0.1, -0.05) is 0 Å². The van der Waals surface area contributed by atoms with E-state index in [-0.39, 0.29) is 5.65 Å². The molecule has 10 heteroatoms. The molecule has 1 aliphatic heterocycles. The smallest absolute Gasteiger partial charge is 0.361 e. The van der Waals surface area contributed by atoms with Crippen LogP contribution in [-0.4, -0.2) is 37.9 Å². The van der Waals surface area contributed by atoms with Crippen LogP contribution in [0.2, 0.25) is 0 Å². The quantitative estimate of drug-likeness (QED) is 0.541. The Bertz CT molecular complexity index is 1270. The molecule has 1 saturated heterocycles. The molecule has 30 heavy (non-hydrogen) atoms. The van der Waals surface area contributed by atoms with E-state index in [1.165, 1.54) is 11.6 Å². The first-order valence-electron chi connectivity index (χ1n) is 9.50. The number of halogens is 3. The molecule has 4 heterocycles. The fourth-order valence-corrected chi connectivity index (χ4v) is 4.09. The maximum absolute atomic E-state index is 13.1. The number of piperidine rings is 1. The molecule has 1 aliphatic rings. The maximum Gasteiger partial charge on any atom is 0.453 e. The van der Waals surface area contributed by atoms with Gasteiger partial charge in [0, 0.05) is 30.2 Å². The van der Waals surface area contributed by atoms with Gasteiger partial charge >= 0.3 is 6.18 Å². The molecule has 1 N–H and O–H groups in total. The highest BCUT2D eigenvalue weighted by Crippen LogP contribution is 2.35. The van der Waals surface area contributed by atoms with Gasteiger partial charge < -0.3 is 9.88 Å². The third kappa shape index (κ3) is 3.03. The van der Waals surface area contributed by atoms with Gasteiger partial charge in [0.2, 0.25) is 0 Å². The monoisotopic (exact) mass is 411 g/mol. The van der Waals surface area contributed by atoms with E-state index in [0.717, 1.165) is 28.3 Å². The molecular weight excluding hydrogens is 395 g/mol. The lowest BCUT2D eigenvalue weighted by molar-refractivity contribution is -0.146. The van der Waals surface area contributed by atoms with Gasteiger partial charge in [-0.3, -0.25) is 0 Å². The molecule has 1 fully saturated rings. The number of fused-ring (bicyclic) bond motifs is 2. The van der Waals surface area contributed by atoms with Crippen LogP contribution in [0.4, 0.5) is 19.0 Å². The first-order chi connectivity index (χ1) is 14.4. The summed E-state index contributed by atoms with van der Waals surface area (Å²) in [4.78, 5) is 5.24. The summed E-state index contributed by atoms with van der Waals surface area (Å²) in [6, 6.07) is 10.9. The number of benzene rings is 1. The standard InChI is InChI=1S/C20H16F3N7/c21-20(22,23)19-27-26-17-3-4-18(28-30(17)19)29-7-5-13(6-8-29)15-11-25-16-2-1-12(10-24)9-14(15)16/h1-4,9,11,13,25H,5-8H2. The molecule has 0 bridgehead atoms. The van der Waals surface area contributed by atoms with Crippen LogP contribution in [0.5, 0.6) is 0 Å². The van der Waals surface area contributed by atoms with Crippen LogP contribution in [0.1, 0.15) is 35.7 Å². The van der Waals surface area contributed by atoms with Crippen molar-refractivity contribution in [2.45, 2.75) is 24.9 Å². The van der Waals surface area contributed by atoms with Gasteiger partial charge in [0.15, 0.2) is 5.65 Å². The van der Waals surface area contributed by atoms with Crippen LogP contribution >= 0.6 is 0 Å². The van der Waals surface area contributed by atoms with E-state index >= 15 is 0 Å². The van der Waals surface area contributed by atoms with E-state index in [1.54, 1.807) is 12.1 Å². The molecule has 7 nitrogen and oxygen atoms in total. The molecule has 0 unspecified atom stereocenters. The summed E-state index contributed by atoms with van der Waals surface area (Å²) in [6.45, 7) is 1.33. The van der Waals surface area contributed by atoms with E-state index in [9.17, 15) is 18.4 Å². The number of H-pyrrole nitrogens is 1. The van der Waals surface area contributed by atoms with Crippen LogP contribution in [0.25, 0.3) is 16.6 Å². The lowest BCUT2D eigenvalue weighted by atomic mass is 9.89. The molecule has 0 radical (unpaired) electrons. The Labute approximate surface area is 168 Å². The number of alkyl halides is 3. The normalized spacial score (nSPS) is 15.7. The predicted octanol–water partition coefficient (Wildman–Crippen LogP) is 3.88. The SMILES string of the molecule is N#Cc1ccc2[nH]cc(C3CCN(c4ccc5nnc(C(F)(F)F)n5n4)CC3)c2c1. The third-order valence-corrected chi connectivity index (χ3v) is 5.60. The van der Waals surface area contributed by atoms with Gasteiger partial charge in [-0.15, -0.1) is 15.3 Å². The van der Waals surface area contributed by atoms with Gasteiger partial charge in [-0.25, -0.2) is 0 Å². The highest BCUT2D eigenvalue weighted by atomic mass is 19.4. The van der Waals surface area contributed by atoms with E-state index in [1.807, 2.05) is 23.2 Å². The summed E-state index contributed by atoms with van der Waals surface area (Å²) in [5.74, 6) is -0.355. The van der Waals surface area contributed by atoms with Crippen LogP contribution < -0.4 is 4.90 Å². The highest BCUT2D eigenvalue weighted by molar-refractivity contribution is 5.85. The zero-order valence-corrected chi connectivity index (χ0v) is 15.7. The molecule has 1 aromatic carbocycles. The summed E-state index contributed by atoms with van der Waals surface area (Å²) in [5.41, 5.74) is 2.84. The number of anilines is 1. The van der Waals surface area contributed by atoms with Crippen LogP contribution in [0.3, 0.4) is 0 Å². The first kappa shape index (κ1) is 18.4. The number of aromatic nitrogens is 5. The van der Waals surface area contributed by atoms with Crippen molar-refractivity contribution in [3.8, 4) is 6.07 Å². The van der Waals surface area contributed by atoms with Gasteiger partial charge in [-0.2, -0.15) is 22.9 Å². The van der Waals surface area contributed by atoms with Gasteiger partial charge in [0.25, 0.3) is 5.82 Å². The second-order valence-electron chi connectivity index (χ2n) is 7.36.